The molecule has 1 heterocycles. The first-order valence-electron chi connectivity index (χ1n) is 10.7. The van der Waals surface area contributed by atoms with E-state index >= 15 is 4.39 Å². The van der Waals surface area contributed by atoms with Crippen molar-refractivity contribution in [3.63, 3.8) is 0 Å². The lowest BCUT2D eigenvalue weighted by atomic mass is 9.93. The molecule has 0 amide bonds. The molecule has 2 aliphatic rings. The number of piperidine rings is 1. The number of ether oxygens (including phenoxy) is 1. The summed E-state index contributed by atoms with van der Waals surface area (Å²) >= 11 is 11.4. The van der Waals surface area contributed by atoms with Crippen LogP contribution in [0.15, 0.2) is 24.3 Å². The van der Waals surface area contributed by atoms with Crippen molar-refractivity contribution >= 4 is 28.4 Å². The fraction of sp³-hybridized carbons (Fsp3) is 0.458. The zero-order valence-corrected chi connectivity index (χ0v) is 19.2. The smallest absolute Gasteiger partial charge is 0.255 e. The normalized spacial score (nSPS) is 18.6. The Labute approximate surface area is 195 Å². The predicted molar refractivity (Wildman–Crippen MR) is 119 cm³/mol. The highest BCUT2D eigenvalue weighted by atomic mass is 35.5. The summed E-state index contributed by atoms with van der Waals surface area (Å²) in [6.45, 7) is 2.87. The minimum atomic E-state index is -1.57. The van der Waals surface area contributed by atoms with Gasteiger partial charge in [0.05, 0.1) is 10.6 Å². The molecular weight excluding hydrogens is 462 g/mol. The largest absolute Gasteiger partial charge is 0.490 e. The minimum Gasteiger partial charge on any atom is -0.490 e. The van der Waals surface area contributed by atoms with Gasteiger partial charge in [-0.1, -0.05) is 17.7 Å². The Kier molecular flexibility index (Phi) is 6.76. The van der Waals surface area contributed by atoms with Crippen molar-refractivity contribution in [3.05, 3.63) is 63.2 Å². The summed E-state index contributed by atoms with van der Waals surface area (Å²) in [7, 11) is 0. The average molecular weight is 486 g/mol. The van der Waals surface area contributed by atoms with Crippen LogP contribution in [-0.4, -0.2) is 35.5 Å². The molecule has 3 nitrogen and oxygen atoms in total. The lowest BCUT2D eigenvalue weighted by molar-refractivity contribution is 0.0146. The number of likely N-dealkylation sites (tertiary alicyclic amines) is 1. The number of carbonyl (C=O) groups excluding carboxylic acids is 1. The summed E-state index contributed by atoms with van der Waals surface area (Å²) in [4.78, 5) is 13.4. The minimum absolute atomic E-state index is 0.0887. The molecule has 172 valence electrons. The fourth-order valence-corrected chi connectivity index (χ4v) is 4.61. The number of carbonyl (C=O) groups is 1. The van der Waals surface area contributed by atoms with Gasteiger partial charge in [0.15, 0.2) is 0 Å². The van der Waals surface area contributed by atoms with Crippen molar-refractivity contribution < 1.29 is 22.7 Å². The van der Waals surface area contributed by atoms with E-state index in [0.29, 0.717) is 30.8 Å². The first-order chi connectivity index (χ1) is 15.1. The van der Waals surface area contributed by atoms with Crippen LogP contribution in [0.1, 0.15) is 58.6 Å². The third-order valence-electron chi connectivity index (χ3n) is 6.21. The second kappa shape index (κ2) is 9.24. The van der Waals surface area contributed by atoms with E-state index in [2.05, 4.69) is 0 Å². The zero-order chi connectivity index (χ0) is 23.0. The second-order valence-electron chi connectivity index (χ2n) is 8.85. The van der Waals surface area contributed by atoms with Gasteiger partial charge in [-0.2, -0.15) is 0 Å². The fourth-order valence-electron chi connectivity index (χ4n) is 4.18. The molecule has 1 saturated carbocycles. The zero-order valence-electron chi connectivity index (χ0n) is 17.7. The predicted octanol–water partition coefficient (Wildman–Crippen LogP) is 6.57. The summed E-state index contributed by atoms with van der Waals surface area (Å²) in [5, 5.41) is -0.776. The first kappa shape index (κ1) is 23.4. The monoisotopic (exact) mass is 485 g/mol. The highest BCUT2D eigenvalue weighted by Crippen LogP contribution is 2.45. The number of aryl methyl sites for hydroxylation is 1. The van der Waals surface area contributed by atoms with Gasteiger partial charge < -0.3 is 4.74 Å². The molecule has 0 radical (unpaired) electrons. The van der Waals surface area contributed by atoms with Crippen LogP contribution in [0, 0.1) is 18.6 Å². The standard InChI is InChI=1S/C24H24Cl2F3NO2/c1-14-8-16(22(28)19(25)9-14)12-30-6-4-24(29,5-7-30)13-32-21-11-20(27)18(23(26)31)10-17(21)15-2-3-15/h8-11,15H,2-7,12-13H2,1H3. The SMILES string of the molecule is Cc1cc(Cl)c(F)c(CN2CCC(F)(COc3cc(F)c(C(=O)Cl)cc3C3CC3)CC2)c1. The van der Waals surface area contributed by atoms with Crippen molar-refractivity contribution in [2.24, 2.45) is 0 Å². The Bertz CT molecular complexity index is 1030. The van der Waals surface area contributed by atoms with Crippen molar-refractivity contribution in [2.45, 2.75) is 50.7 Å². The number of alkyl halides is 1. The van der Waals surface area contributed by atoms with E-state index in [4.69, 9.17) is 27.9 Å². The molecule has 2 aromatic rings. The Hall–Kier alpha value is -1.76. The van der Waals surface area contributed by atoms with Crippen molar-refractivity contribution in [1.82, 2.24) is 4.90 Å². The topological polar surface area (TPSA) is 29.5 Å². The molecule has 1 aliphatic carbocycles. The Balaban J connectivity index is 1.39. The van der Waals surface area contributed by atoms with Gasteiger partial charge in [0, 0.05) is 31.3 Å². The van der Waals surface area contributed by atoms with Crippen LogP contribution in [0.5, 0.6) is 5.75 Å². The van der Waals surface area contributed by atoms with Crippen molar-refractivity contribution in [1.29, 1.82) is 0 Å². The van der Waals surface area contributed by atoms with Gasteiger partial charge in [-0.15, -0.1) is 0 Å². The van der Waals surface area contributed by atoms with Crippen LogP contribution >= 0.6 is 23.2 Å². The molecule has 1 aliphatic heterocycles. The summed E-state index contributed by atoms with van der Waals surface area (Å²) in [6, 6.07) is 5.89. The van der Waals surface area contributed by atoms with Gasteiger partial charge in [-0.25, -0.2) is 13.2 Å². The quantitative estimate of drug-likeness (QED) is 0.415. The first-order valence-corrected chi connectivity index (χ1v) is 11.4. The molecule has 2 aromatic carbocycles. The molecule has 0 atom stereocenters. The number of nitrogens with zero attached hydrogens (tertiary/aromatic N) is 1. The van der Waals surface area contributed by atoms with E-state index < -0.39 is 22.5 Å². The summed E-state index contributed by atoms with van der Waals surface area (Å²) in [5.74, 6) is -0.770. The van der Waals surface area contributed by atoms with Gasteiger partial charge in [-0.05, 0) is 73.4 Å². The molecule has 2 fully saturated rings. The molecule has 0 bridgehead atoms. The van der Waals surface area contributed by atoms with Crippen LogP contribution in [0.3, 0.4) is 0 Å². The molecule has 0 spiro atoms. The summed E-state index contributed by atoms with van der Waals surface area (Å²) < 4.78 is 49.7. The van der Waals surface area contributed by atoms with E-state index in [1.54, 1.807) is 12.1 Å². The van der Waals surface area contributed by atoms with Crippen molar-refractivity contribution in [3.8, 4) is 5.75 Å². The van der Waals surface area contributed by atoms with E-state index in [0.717, 1.165) is 24.5 Å². The lowest BCUT2D eigenvalue weighted by Crippen LogP contribution is -2.44. The average Bonchev–Trinajstić information content (AvgIpc) is 3.57. The van der Waals surface area contributed by atoms with E-state index in [9.17, 15) is 13.6 Å². The maximum Gasteiger partial charge on any atom is 0.255 e. The third-order valence-corrected chi connectivity index (χ3v) is 6.69. The molecule has 0 N–H and O–H groups in total. The molecule has 0 unspecified atom stereocenters. The Morgan fingerprint density at radius 2 is 1.88 bits per heavy atom. The maximum absolute atomic E-state index is 15.4. The van der Waals surface area contributed by atoms with Crippen LogP contribution < -0.4 is 4.74 Å². The van der Waals surface area contributed by atoms with Gasteiger partial charge in [-0.3, -0.25) is 9.69 Å². The van der Waals surface area contributed by atoms with Crippen LogP contribution in [0.25, 0.3) is 0 Å². The summed E-state index contributed by atoms with van der Waals surface area (Å²) in [6.07, 6.45) is 2.25. The molecule has 1 saturated heterocycles. The Morgan fingerprint density at radius 3 is 2.50 bits per heavy atom. The lowest BCUT2D eigenvalue weighted by Gasteiger charge is -2.36. The van der Waals surface area contributed by atoms with E-state index in [1.807, 2.05) is 11.8 Å². The van der Waals surface area contributed by atoms with Crippen molar-refractivity contribution in [2.75, 3.05) is 19.7 Å². The highest BCUT2D eigenvalue weighted by molar-refractivity contribution is 6.67. The highest BCUT2D eigenvalue weighted by Gasteiger charge is 2.37. The number of benzene rings is 2. The van der Waals surface area contributed by atoms with Gasteiger partial charge in [0.25, 0.3) is 5.24 Å². The van der Waals surface area contributed by atoms with E-state index in [1.165, 1.54) is 6.07 Å². The van der Waals surface area contributed by atoms with Crippen LogP contribution in [0.2, 0.25) is 5.02 Å². The second-order valence-corrected chi connectivity index (χ2v) is 9.60. The van der Waals surface area contributed by atoms with Gasteiger partial charge in [0.2, 0.25) is 0 Å². The van der Waals surface area contributed by atoms with Gasteiger partial charge >= 0.3 is 0 Å². The number of hydrogen-bond donors (Lipinski definition) is 0. The van der Waals surface area contributed by atoms with Gasteiger partial charge in [0.1, 0.15) is 29.7 Å². The molecular formula is C24H24Cl2F3NO2. The Morgan fingerprint density at radius 1 is 1.19 bits per heavy atom. The molecule has 8 heteroatoms. The maximum atomic E-state index is 15.4. The molecule has 0 aromatic heterocycles. The molecule has 4 rings (SSSR count). The summed E-state index contributed by atoms with van der Waals surface area (Å²) in [5.41, 5.74) is 0.307. The molecule has 32 heavy (non-hydrogen) atoms. The van der Waals surface area contributed by atoms with Crippen LogP contribution in [-0.2, 0) is 6.54 Å². The number of hydrogen-bond acceptors (Lipinski definition) is 3. The van der Waals surface area contributed by atoms with E-state index in [-0.39, 0.29) is 41.7 Å². The number of halogens is 5. The van der Waals surface area contributed by atoms with Crippen LogP contribution in [0.4, 0.5) is 13.2 Å². The number of rotatable bonds is 7. The third kappa shape index (κ3) is 5.24.